The van der Waals surface area contributed by atoms with E-state index >= 15 is 0 Å². The van der Waals surface area contributed by atoms with E-state index in [1.807, 2.05) is 0 Å². The van der Waals surface area contributed by atoms with E-state index in [1.165, 1.54) is 0 Å². The highest BCUT2D eigenvalue weighted by atomic mass is 16.6. The molecule has 2 saturated heterocycles. The molecule has 3 amide bonds. The summed E-state index contributed by atoms with van der Waals surface area (Å²) in [6, 6.07) is 6.53. The molecule has 3 rings (SSSR count). The Morgan fingerprint density at radius 2 is 1.85 bits per heavy atom. The number of anilines is 1. The first-order valence-electron chi connectivity index (χ1n) is 9.03. The molecule has 0 saturated carbocycles. The van der Waals surface area contributed by atoms with Crippen molar-refractivity contribution < 1.29 is 28.5 Å². The summed E-state index contributed by atoms with van der Waals surface area (Å²) in [4.78, 5) is 25.7. The molecule has 9 nitrogen and oxygen atoms in total. The van der Waals surface area contributed by atoms with Crippen LogP contribution in [-0.2, 0) is 19.0 Å². The molecule has 0 unspecified atom stereocenters. The monoisotopic (exact) mass is 379 g/mol. The van der Waals surface area contributed by atoms with E-state index in [0.29, 0.717) is 64.1 Å². The van der Waals surface area contributed by atoms with E-state index in [2.05, 4.69) is 10.6 Å². The number of benzene rings is 1. The topological polar surface area (TPSA) is 98.4 Å². The van der Waals surface area contributed by atoms with Gasteiger partial charge in [0, 0.05) is 25.3 Å². The van der Waals surface area contributed by atoms with Crippen molar-refractivity contribution in [2.75, 3.05) is 64.6 Å². The minimum Gasteiger partial charge on any atom is -0.484 e. The van der Waals surface area contributed by atoms with Crippen LogP contribution in [0.3, 0.4) is 0 Å². The SMILES string of the molecule is O=C(NC[C@H]1COCCO1)Nc1ccc(OCC(=O)N2CCOCC2)cc1. The van der Waals surface area contributed by atoms with Gasteiger partial charge in [-0.15, -0.1) is 0 Å². The van der Waals surface area contributed by atoms with Gasteiger partial charge >= 0.3 is 6.03 Å². The largest absolute Gasteiger partial charge is 0.484 e. The number of urea groups is 1. The molecule has 0 spiro atoms. The fourth-order valence-electron chi connectivity index (χ4n) is 2.72. The second-order valence-corrected chi connectivity index (χ2v) is 6.21. The van der Waals surface area contributed by atoms with E-state index in [-0.39, 0.29) is 24.6 Å². The third kappa shape index (κ3) is 6.38. The normalized spacial score (nSPS) is 20.0. The summed E-state index contributed by atoms with van der Waals surface area (Å²) in [6.07, 6.45) is -0.121. The molecule has 1 atom stereocenters. The van der Waals surface area contributed by atoms with Gasteiger partial charge in [-0.3, -0.25) is 4.79 Å². The maximum absolute atomic E-state index is 12.0. The Balaban J connectivity index is 1.37. The molecule has 148 valence electrons. The van der Waals surface area contributed by atoms with Crippen LogP contribution in [0, 0.1) is 0 Å². The van der Waals surface area contributed by atoms with E-state index in [1.54, 1.807) is 29.2 Å². The summed E-state index contributed by atoms with van der Waals surface area (Å²) >= 11 is 0. The number of amides is 3. The van der Waals surface area contributed by atoms with Gasteiger partial charge in [0.15, 0.2) is 6.61 Å². The van der Waals surface area contributed by atoms with Gasteiger partial charge in [-0.2, -0.15) is 0 Å². The zero-order chi connectivity index (χ0) is 18.9. The van der Waals surface area contributed by atoms with Crippen LogP contribution >= 0.6 is 0 Å². The quantitative estimate of drug-likeness (QED) is 0.745. The lowest BCUT2D eigenvalue weighted by Gasteiger charge is -2.26. The lowest BCUT2D eigenvalue weighted by Crippen LogP contribution is -2.42. The van der Waals surface area contributed by atoms with Gasteiger partial charge in [0.2, 0.25) is 0 Å². The summed E-state index contributed by atoms with van der Waals surface area (Å²) in [7, 11) is 0. The third-order valence-corrected chi connectivity index (χ3v) is 4.21. The van der Waals surface area contributed by atoms with Gasteiger partial charge in [-0.25, -0.2) is 4.79 Å². The average Bonchev–Trinajstić information content (AvgIpc) is 2.73. The van der Waals surface area contributed by atoms with E-state index in [9.17, 15) is 9.59 Å². The Kier molecular flexibility index (Phi) is 7.26. The lowest BCUT2D eigenvalue weighted by atomic mass is 10.3. The maximum Gasteiger partial charge on any atom is 0.319 e. The predicted molar refractivity (Wildman–Crippen MR) is 96.9 cm³/mol. The second kappa shape index (κ2) is 10.1. The van der Waals surface area contributed by atoms with Crippen molar-refractivity contribution in [3.05, 3.63) is 24.3 Å². The Morgan fingerprint density at radius 1 is 1.07 bits per heavy atom. The summed E-state index contributed by atoms with van der Waals surface area (Å²) in [5, 5.41) is 5.48. The standard InChI is InChI=1S/C18H25N3O6/c22-17(21-5-7-24-8-6-21)13-27-15-3-1-14(2-4-15)20-18(23)19-11-16-12-25-9-10-26-16/h1-4,16H,5-13H2,(H2,19,20,23)/t16-/m0/s1. The molecule has 1 aromatic rings. The number of carbonyl (C=O) groups excluding carboxylic acids is 2. The first kappa shape index (κ1) is 19.4. The predicted octanol–water partition coefficient (Wildman–Crippen LogP) is 0.461. The van der Waals surface area contributed by atoms with Crippen LogP contribution in [0.2, 0.25) is 0 Å². The number of ether oxygens (including phenoxy) is 4. The molecule has 9 heteroatoms. The number of rotatable bonds is 6. The number of hydrogen-bond donors (Lipinski definition) is 2. The highest BCUT2D eigenvalue weighted by Gasteiger charge is 2.17. The number of nitrogens with one attached hydrogen (secondary N) is 2. The zero-order valence-electron chi connectivity index (χ0n) is 15.1. The van der Waals surface area contributed by atoms with Gasteiger partial charge in [0.1, 0.15) is 5.75 Å². The zero-order valence-corrected chi connectivity index (χ0v) is 15.1. The summed E-state index contributed by atoms with van der Waals surface area (Å²) < 4.78 is 21.5. The second-order valence-electron chi connectivity index (χ2n) is 6.21. The summed E-state index contributed by atoms with van der Waals surface area (Å²) in [5.74, 6) is 0.504. The van der Waals surface area contributed by atoms with Crippen LogP contribution in [0.4, 0.5) is 10.5 Å². The summed E-state index contributed by atoms with van der Waals surface area (Å²) in [5.41, 5.74) is 0.625. The Bertz CT molecular complexity index is 612. The van der Waals surface area contributed by atoms with Crippen molar-refractivity contribution in [1.29, 1.82) is 0 Å². The molecular formula is C18H25N3O6. The Morgan fingerprint density at radius 3 is 2.56 bits per heavy atom. The van der Waals surface area contributed by atoms with Crippen molar-refractivity contribution in [3.63, 3.8) is 0 Å². The molecule has 2 aliphatic rings. The third-order valence-electron chi connectivity index (χ3n) is 4.21. The van der Waals surface area contributed by atoms with Crippen LogP contribution in [0.25, 0.3) is 0 Å². The first-order valence-corrected chi connectivity index (χ1v) is 9.03. The van der Waals surface area contributed by atoms with Crippen molar-refractivity contribution in [2.24, 2.45) is 0 Å². The number of carbonyl (C=O) groups is 2. The van der Waals surface area contributed by atoms with Crippen LogP contribution in [0.15, 0.2) is 24.3 Å². The molecule has 0 aromatic heterocycles. The van der Waals surface area contributed by atoms with Crippen molar-refractivity contribution in [2.45, 2.75) is 6.10 Å². The fraction of sp³-hybridized carbons (Fsp3) is 0.556. The van der Waals surface area contributed by atoms with Crippen molar-refractivity contribution >= 4 is 17.6 Å². The van der Waals surface area contributed by atoms with Crippen molar-refractivity contribution in [1.82, 2.24) is 10.2 Å². The van der Waals surface area contributed by atoms with Gasteiger partial charge in [-0.1, -0.05) is 0 Å². The molecule has 2 N–H and O–H groups in total. The number of hydrogen-bond acceptors (Lipinski definition) is 6. The lowest BCUT2D eigenvalue weighted by molar-refractivity contribution is -0.137. The average molecular weight is 379 g/mol. The summed E-state index contributed by atoms with van der Waals surface area (Å²) in [6.45, 7) is 4.31. The first-order chi connectivity index (χ1) is 13.2. The molecule has 2 fully saturated rings. The van der Waals surface area contributed by atoms with E-state index < -0.39 is 0 Å². The number of morpholine rings is 1. The Hall–Kier alpha value is -2.36. The maximum atomic E-state index is 12.0. The van der Waals surface area contributed by atoms with Crippen LogP contribution in [-0.4, -0.2) is 82.2 Å². The van der Waals surface area contributed by atoms with Crippen LogP contribution < -0.4 is 15.4 Å². The minimum absolute atomic E-state index is 0.0171. The van der Waals surface area contributed by atoms with E-state index in [0.717, 1.165) is 0 Å². The Labute approximate surface area is 157 Å². The molecule has 0 radical (unpaired) electrons. The molecule has 2 aliphatic heterocycles. The van der Waals surface area contributed by atoms with Crippen molar-refractivity contribution in [3.8, 4) is 5.75 Å². The van der Waals surface area contributed by atoms with Gasteiger partial charge in [0.05, 0.1) is 39.1 Å². The van der Waals surface area contributed by atoms with E-state index in [4.69, 9.17) is 18.9 Å². The van der Waals surface area contributed by atoms with Crippen LogP contribution in [0.5, 0.6) is 5.75 Å². The number of nitrogens with zero attached hydrogens (tertiary/aromatic N) is 1. The van der Waals surface area contributed by atoms with Gasteiger partial charge in [0.25, 0.3) is 5.91 Å². The fourth-order valence-corrected chi connectivity index (χ4v) is 2.72. The minimum atomic E-state index is -0.319. The smallest absolute Gasteiger partial charge is 0.319 e. The molecular weight excluding hydrogens is 354 g/mol. The van der Waals surface area contributed by atoms with Gasteiger partial charge in [-0.05, 0) is 24.3 Å². The van der Waals surface area contributed by atoms with Crippen LogP contribution in [0.1, 0.15) is 0 Å². The van der Waals surface area contributed by atoms with Gasteiger partial charge < -0.3 is 34.5 Å². The molecule has 0 bridgehead atoms. The molecule has 27 heavy (non-hydrogen) atoms. The highest BCUT2D eigenvalue weighted by molar-refractivity contribution is 5.89. The molecule has 0 aliphatic carbocycles. The molecule has 1 aromatic carbocycles. The molecule has 2 heterocycles. The highest BCUT2D eigenvalue weighted by Crippen LogP contribution is 2.16.